The van der Waals surface area contributed by atoms with Crippen LogP contribution in [0.25, 0.3) is 11.1 Å². The molecular weight excluding hydrogens is 375 g/mol. The van der Waals surface area contributed by atoms with Gasteiger partial charge >= 0.3 is 143 Å². The van der Waals surface area contributed by atoms with E-state index in [0.29, 0.717) is 0 Å². The number of hydrogen-bond acceptors (Lipinski definition) is 3. The van der Waals surface area contributed by atoms with E-state index in [1.54, 1.807) is 18.2 Å². The van der Waals surface area contributed by atoms with Crippen LogP contribution in [0.2, 0.25) is 0 Å². The molecule has 3 nitrogen and oxygen atoms in total. The standard InChI is InChI=1S/C18H14O3SSe/c19-22(20,17-9-5-2-6-10-17)21-23-18-13-11-16(12-14-18)15-7-3-1-4-8-15/h1-14H. The first kappa shape index (κ1) is 16.0. The van der Waals surface area contributed by atoms with Crippen molar-refractivity contribution in [3.8, 4) is 11.1 Å². The second kappa shape index (κ2) is 7.11. The van der Waals surface area contributed by atoms with E-state index in [4.69, 9.17) is 3.27 Å². The third-order valence-electron chi connectivity index (χ3n) is 3.21. The molecule has 3 aromatic carbocycles. The first-order valence-electron chi connectivity index (χ1n) is 6.97. The molecule has 0 bridgehead atoms. The summed E-state index contributed by atoms with van der Waals surface area (Å²) in [4.78, 5) is 0.183. The summed E-state index contributed by atoms with van der Waals surface area (Å²) in [5.74, 6) is 0. The van der Waals surface area contributed by atoms with Crippen molar-refractivity contribution in [2.75, 3.05) is 0 Å². The van der Waals surface area contributed by atoms with Crippen molar-refractivity contribution in [2.45, 2.75) is 4.90 Å². The molecule has 0 unspecified atom stereocenters. The Kier molecular flexibility index (Phi) is 4.93. The molecule has 5 heteroatoms. The Morgan fingerprint density at radius 1 is 0.652 bits per heavy atom. The van der Waals surface area contributed by atoms with Crippen molar-refractivity contribution >= 4 is 29.9 Å². The van der Waals surface area contributed by atoms with Crippen LogP contribution in [0.1, 0.15) is 0 Å². The topological polar surface area (TPSA) is 43.4 Å². The molecule has 3 rings (SSSR count). The minimum absolute atomic E-state index is 0.183. The monoisotopic (exact) mass is 390 g/mol. The summed E-state index contributed by atoms with van der Waals surface area (Å²) >= 11 is -0.593. The summed E-state index contributed by atoms with van der Waals surface area (Å²) in [5, 5.41) is 0. The minimum atomic E-state index is -3.69. The van der Waals surface area contributed by atoms with Gasteiger partial charge in [-0.2, -0.15) is 0 Å². The average Bonchev–Trinajstić information content (AvgIpc) is 2.62. The van der Waals surface area contributed by atoms with Crippen molar-refractivity contribution in [2.24, 2.45) is 0 Å². The van der Waals surface area contributed by atoms with Gasteiger partial charge < -0.3 is 0 Å². The molecule has 23 heavy (non-hydrogen) atoms. The van der Waals surface area contributed by atoms with Crippen LogP contribution in [0.5, 0.6) is 0 Å². The molecule has 0 N–H and O–H groups in total. The van der Waals surface area contributed by atoms with Crippen LogP contribution in [-0.4, -0.2) is 23.7 Å². The average molecular weight is 389 g/mol. The van der Waals surface area contributed by atoms with Crippen LogP contribution in [0.4, 0.5) is 0 Å². The summed E-state index contributed by atoms with van der Waals surface area (Å²) in [5.41, 5.74) is 2.22. The van der Waals surface area contributed by atoms with E-state index in [1.165, 1.54) is 12.1 Å². The zero-order valence-corrected chi connectivity index (χ0v) is 14.7. The number of benzene rings is 3. The first-order chi connectivity index (χ1) is 11.1. The van der Waals surface area contributed by atoms with Gasteiger partial charge in [-0.05, 0) is 0 Å². The molecule has 0 aliphatic carbocycles. The van der Waals surface area contributed by atoms with Crippen molar-refractivity contribution in [1.29, 1.82) is 0 Å². The summed E-state index contributed by atoms with van der Waals surface area (Å²) in [6.07, 6.45) is 0. The molecule has 3 aromatic rings. The molecule has 0 aromatic heterocycles. The van der Waals surface area contributed by atoms with Crippen molar-refractivity contribution in [3.63, 3.8) is 0 Å². The maximum atomic E-state index is 12.1. The molecule has 0 heterocycles. The number of hydrogen-bond donors (Lipinski definition) is 0. The molecule has 0 aliphatic rings. The molecular formula is C18H14O3SSe. The molecule has 0 amide bonds. The SMILES string of the molecule is O=S(=O)(O[Se]c1ccc(-c2ccccc2)cc1)c1ccccc1. The molecule has 116 valence electrons. The second-order valence-corrected chi connectivity index (χ2v) is 8.52. The van der Waals surface area contributed by atoms with Crippen molar-refractivity contribution in [3.05, 3.63) is 84.9 Å². The fourth-order valence-electron chi connectivity index (χ4n) is 2.04. The third-order valence-corrected chi connectivity index (χ3v) is 6.84. The first-order valence-corrected chi connectivity index (χ1v) is 9.93. The Morgan fingerprint density at radius 3 is 1.78 bits per heavy atom. The number of rotatable bonds is 5. The molecule has 0 aliphatic heterocycles. The van der Waals surface area contributed by atoms with Gasteiger partial charge in [-0.1, -0.05) is 0 Å². The summed E-state index contributed by atoms with van der Waals surface area (Å²) in [7, 11) is -3.69. The van der Waals surface area contributed by atoms with E-state index in [1.807, 2.05) is 54.6 Å². The van der Waals surface area contributed by atoms with E-state index in [2.05, 4.69) is 0 Å². The molecule has 0 spiro atoms. The second-order valence-electron chi connectivity index (χ2n) is 4.81. The Morgan fingerprint density at radius 2 is 1.17 bits per heavy atom. The van der Waals surface area contributed by atoms with E-state index >= 15 is 0 Å². The van der Waals surface area contributed by atoms with Gasteiger partial charge in [-0.3, -0.25) is 0 Å². The Hall–Kier alpha value is -1.91. The van der Waals surface area contributed by atoms with E-state index < -0.39 is 25.4 Å². The Bertz CT molecular complexity index is 861. The fourth-order valence-corrected chi connectivity index (χ4v) is 4.85. The van der Waals surface area contributed by atoms with Crippen LogP contribution in [0, 0.1) is 0 Å². The van der Waals surface area contributed by atoms with Gasteiger partial charge in [0, 0.05) is 0 Å². The summed E-state index contributed by atoms with van der Waals surface area (Å²) < 4.78 is 30.2. The van der Waals surface area contributed by atoms with Crippen LogP contribution in [-0.2, 0) is 13.4 Å². The fraction of sp³-hybridized carbons (Fsp3) is 0. The van der Waals surface area contributed by atoms with Crippen molar-refractivity contribution < 1.29 is 11.7 Å². The quantitative estimate of drug-likeness (QED) is 0.630. The van der Waals surface area contributed by atoms with Crippen LogP contribution in [0.15, 0.2) is 89.8 Å². The van der Waals surface area contributed by atoms with Gasteiger partial charge in [0.1, 0.15) is 0 Å². The molecule has 0 saturated heterocycles. The van der Waals surface area contributed by atoms with Gasteiger partial charge in [0.05, 0.1) is 0 Å². The van der Waals surface area contributed by atoms with Crippen LogP contribution < -0.4 is 4.46 Å². The molecule has 0 saturated carbocycles. The normalized spacial score (nSPS) is 11.3. The van der Waals surface area contributed by atoms with E-state index in [9.17, 15) is 8.42 Å². The predicted molar refractivity (Wildman–Crippen MR) is 92.0 cm³/mol. The Labute approximate surface area is 142 Å². The van der Waals surface area contributed by atoms with Crippen LogP contribution in [0.3, 0.4) is 0 Å². The van der Waals surface area contributed by atoms with Gasteiger partial charge in [0.15, 0.2) is 0 Å². The Balaban J connectivity index is 1.70. The zero-order valence-electron chi connectivity index (χ0n) is 12.1. The van der Waals surface area contributed by atoms with Gasteiger partial charge in [-0.25, -0.2) is 0 Å². The van der Waals surface area contributed by atoms with Gasteiger partial charge in [0.2, 0.25) is 0 Å². The van der Waals surface area contributed by atoms with Crippen LogP contribution >= 0.6 is 0 Å². The molecule has 0 atom stereocenters. The maximum absolute atomic E-state index is 12.1. The third kappa shape index (κ3) is 4.09. The zero-order chi connectivity index (χ0) is 16.1. The van der Waals surface area contributed by atoms with E-state index in [0.717, 1.165) is 15.6 Å². The molecule has 0 radical (unpaired) electrons. The van der Waals surface area contributed by atoms with Crippen molar-refractivity contribution in [1.82, 2.24) is 0 Å². The van der Waals surface area contributed by atoms with Gasteiger partial charge in [-0.15, -0.1) is 0 Å². The predicted octanol–water partition coefficient (Wildman–Crippen LogP) is 3.00. The summed E-state index contributed by atoms with van der Waals surface area (Å²) in [6, 6.07) is 26.0. The summed E-state index contributed by atoms with van der Waals surface area (Å²) in [6.45, 7) is 0. The molecule has 0 fully saturated rings. The van der Waals surface area contributed by atoms with Gasteiger partial charge in [0.25, 0.3) is 0 Å². The van der Waals surface area contributed by atoms with E-state index in [-0.39, 0.29) is 4.90 Å².